The van der Waals surface area contributed by atoms with Crippen LogP contribution in [0.1, 0.15) is 6.42 Å². The van der Waals surface area contributed by atoms with Crippen molar-refractivity contribution in [3.63, 3.8) is 0 Å². The number of halogens is 8. The Balaban J connectivity index is 0.893. The van der Waals surface area contributed by atoms with Gasteiger partial charge in [0.05, 0.1) is 32.4 Å². The summed E-state index contributed by atoms with van der Waals surface area (Å²) in [5.74, 6) is -17.4. The standard InChI is InChI=1S/C53H32F8O6S8/c1-3-4-27-67-52-48(58)44(54)42(45(55)49(52)59)43-46(56)50(60)53(51(61)47(43)57)73-37-19-15-34(16-20-37)70-31-9-11-32(12-10-31)71-35-21-23-38(24-22-35)74(62,63)39-25-26-40(41(28-39)75(64,65)66)72-36-17-13-33(14-18-36)69-30-7-5-29(68-2)6-8-30/h1,5-26,28H,4,27H2,2H3,(H,64,65,66). The Bertz CT molecular complexity index is 3660. The molecule has 22 heteroatoms. The Hall–Kier alpha value is -5.48. The first-order valence-corrected chi connectivity index (χ1v) is 29.6. The number of thioether (sulfide) groups is 1. The van der Waals surface area contributed by atoms with Gasteiger partial charge in [0, 0.05) is 55.4 Å². The van der Waals surface area contributed by atoms with Crippen LogP contribution in [-0.2, 0) is 20.0 Å². The van der Waals surface area contributed by atoms with E-state index in [0.717, 1.165) is 42.3 Å². The predicted octanol–water partition coefficient (Wildman–Crippen LogP) is 16.4. The fourth-order valence-electron chi connectivity index (χ4n) is 6.88. The second-order valence-corrected chi connectivity index (χ2v) is 25.2. The normalized spacial score (nSPS) is 11.7. The van der Waals surface area contributed by atoms with E-state index < -0.39 is 99.8 Å². The van der Waals surface area contributed by atoms with Crippen LogP contribution >= 0.6 is 70.6 Å². The van der Waals surface area contributed by atoms with Crippen molar-refractivity contribution < 1.29 is 61.2 Å². The molecule has 0 heterocycles. The van der Waals surface area contributed by atoms with E-state index in [4.69, 9.17) is 6.42 Å². The van der Waals surface area contributed by atoms with Crippen molar-refractivity contribution in [3.8, 4) is 29.2 Å². The van der Waals surface area contributed by atoms with Crippen LogP contribution in [0.15, 0.2) is 208 Å². The van der Waals surface area contributed by atoms with Crippen molar-refractivity contribution >= 4 is 90.5 Å². The Labute approximate surface area is 451 Å². The van der Waals surface area contributed by atoms with Crippen LogP contribution in [0.2, 0.25) is 0 Å². The molecule has 0 aromatic heterocycles. The van der Waals surface area contributed by atoms with Gasteiger partial charge in [0.2, 0.25) is 21.5 Å². The molecule has 0 fully saturated rings. The van der Waals surface area contributed by atoms with Crippen LogP contribution in [0, 0.1) is 58.9 Å². The molecular weight excluding hydrogens is 1140 g/mol. The number of terminal acetylenes is 1. The number of hydrogen-bond acceptors (Lipinski definition) is 11. The van der Waals surface area contributed by atoms with Gasteiger partial charge in [-0.3, -0.25) is 4.55 Å². The van der Waals surface area contributed by atoms with E-state index in [9.17, 15) is 39.0 Å². The van der Waals surface area contributed by atoms with Gasteiger partial charge in [-0.15, -0.1) is 24.1 Å². The van der Waals surface area contributed by atoms with Gasteiger partial charge in [-0.2, -0.15) is 17.2 Å². The maximum absolute atomic E-state index is 15.3. The summed E-state index contributed by atoms with van der Waals surface area (Å²) in [6.07, 6.45) is 6.79. The first-order chi connectivity index (χ1) is 35.8. The molecule has 384 valence electrons. The van der Waals surface area contributed by atoms with Crippen LogP contribution < -0.4 is 4.74 Å². The number of benzene rings is 8. The Morgan fingerprint density at radius 2 is 0.813 bits per heavy atom. The molecule has 0 bridgehead atoms. The van der Waals surface area contributed by atoms with E-state index in [0.29, 0.717) is 14.7 Å². The summed E-state index contributed by atoms with van der Waals surface area (Å²) in [6, 6.07) is 38.1. The van der Waals surface area contributed by atoms with E-state index in [2.05, 4.69) is 10.7 Å². The number of hydrogen-bond donors (Lipinski definition) is 1. The molecule has 75 heavy (non-hydrogen) atoms. The Morgan fingerprint density at radius 3 is 1.20 bits per heavy atom. The van der Waals surface area contributed by atoms with Gasteiger partial charge in [0.25, 0.3) is 10.1 Å². The lowest BCUT2D eigenvalue weighted by atomic mass is 10.0. The van der Waals surface area contributed by atoms with Crippen molar-refractivity contribution in [2.75, 3.05) is 12.9 Å². The monoisotopic (exact) mass is 1170 g/mol. The minimum atomic E-state index is -4.85. The molecule has 0 atom stereocenters. The van der Waals surface area contributed by atoms with Crippen molar-refractivity contribution in [3.05, 3.63) is 186 Å². The summed E-state index contributed by atoms with van der Waals surface area (Å²) < 4.78 is 188. The molecule has 0 unspecified atom stereocenters. The zero-order valence-electron chi connectivity index (χ0n) is 38.0. The fraction of sp³-hybridized carbons (Fsp3) is 0.0566. The largest absolute Gasteiger partial charge is 0.486 e. The Kier molecular flexibility index (Phi) is 17.7. The summed E-state index contributed by atoms with van der Waals surface area (Å²) in [6.45, 7) is -0.576. The maximum atomic E-state index is 15.3. The third-order valence-corrected chi connectivity index (χ3v) is 19.2. The summed E-state index contributed by atoms with van der Waals surface area (Å²) in [4.78, 5) is 4.64. The highest BCUT2D eigenvalue weighted by molar-refractivity contribution is 8.01. The van der Waals surface area contributed by atoms with Crippen molar-refractivity contribution in [2.24, 2.45) is 0 Å². The molecule has 8 aromatic rings. The third kappa shape index (κ3) is 12.7. The third-order valence-electron chi connectivity index (χ3n) is 10.5. The van der Waals surface area contributed by atoms with E-state index in [-0.39, 0.29) is 37.8 Å². The predicted molar refractivity (Wildman–Crippen MR) is 277 cm³/mol. The van der Waals surface area contributed by atoms with Gasteiger partial charge in [0.15, 0.2) is 40.7 Å². The molecule has 0 saturated heterocycles. The van der Waals surface area contributed by atoms with Gasteiger partial charge in [-0.05, 0) is 146 Å². The number of rotatable bonds is 18. The second-order valence-electron chi connectivity index (χ2n) is 15.4. The Morgan fingerprint density at radius 1 is 0.467 bits per heavy atom. The first-order valence-electron chi connectivity index (χ1n) is 21.4. The maximum Gasteiger partial charge on any atom is 0.295 e. The molecular formula is C53H32F8O6S8. The highest BCUT2D eigenvalue weighted by Crippen LogP contribution is 2.44. The highest BCUT2D eigenvalue weighted by Gasteiger charge is 2.35. The van der Waals surface area contributed by atoms with Crippen LogP contribution in [0.4, 0.5) is 35.1 Å². The lowest BCUT2D eigenvalue weighted by molar-refractivity contribution is 0.278. The quantitative estimate of drug-likeness (QED) is 0.0221. The molecule has 0 radical (unpaired) electrons. The van der Waals surface area contributed by atoms with Gasteiger partial charge < -0.3 is 4.74 Å². The van der Waals surface area contributed by atoms with Crippen molar-refractivity contribution in [2.45, 2.75) is 75.0 Å². The number of sulfone groups is 1. The van der Waals surface area contributed by atoms with E-state index in [1.165, 1.54) is 59.9 Å². The molecule has 0 aliphatic heterocycles. The molecule has 0 aliphatic rings. The lowest BCUT2D eigenvalue weighted by Gasteiger charge is -2.16. The molecule has 0 amide bonds. The fourth-order valence-corrected chi connectivity index (χ4v) is 13.8. The second kappa shape index (κ2) is 23.8. The van der Waals surface area contributed by atoms with Crippen molar-refractivity contribution in [1.29, 1.82) is 0 Å². The topological polar surface area (TPSA) is 97.7 Å². The van der Waals surface area contributed by atoms with Gasteiger partial charge in [-0.1, -0.05) is 58.8 Å². The van der Waals surface area contributed by atoms with E-state index in [1.807, 2.05) is 42.7 Å². The van der Waals surface area contributed by atoms with Crippen LogP contribution in [0.3, 0.4) is 0 Å². The molecule has 8 aromatic carbocycles. The minimum absolute atomic E-state index is 0.0914. The van der Waals surface area contributed by atoms with Gasteiger partial charge in [-0.25, -0.2) is 34.8 Å². The van der Waals surface area contributed by atoms with Crippen LogP contribution in [0.5, 0.6) is 5.75 Å². The smallest absolute Gasteiger partial charge is 0.295 e. The molecule has 6 nitrogen and oxygen atoms in total. The van der Waals surface area contributed by atoms with Gasteiger partial charge in [0.1, 0.15) is 4.90 Å². The molecule has 8 rings (SSSR count). The van der Waals surface area contributed by atoms with E-state index in [1.54, 1.807) is 84.2 Å². The number of ether oxygens (including phenoxy) is 1. The highest BCUT2D eigenvalue weighted by atomic mass is 32.2. The zero-order chi connectivity index (χ0) is 53.8. The lowest BCUT2D eigenvalue weighted by Crippen LogP contribution is -2.10. The van der Waals surface area contributed by atoms with Crippen LogP contribution in [-0.4, -0.2) is 34.3 Å². The zero-order valence-corrected chi connectivity index (χ0v) is 44.6. The summed E-state index contributed by atoms with van der Waals surface area (Å²) >= 11 is 7.12. The summed E-state index contributed by atoms with van der Waals surface area (Å²) in [5, 5.41) is 0. The first kappa shape index (κ1) is 55.7. The minimum Gasteiger partial charge on any atom is -0.486 e. The van der Waals surface area contributed by atoms with E-state index >= 15 is 17.6 Å². The average molecular weight is 1170 g/mol. The summed E-state index contributed by atoms with van der Waals surface area (Å²) in [5.41, 5.74) is -4.03. The van der Waals surface area contributed by atoms with Gasteiger partial charge >= 0.3 is 0 Å². The molecule has 0 saturated carbocycles. The molecule has 1 N–H and O–H groups in total. The average Bonchev–Trinajstić information content (AvgIpc) is 3.40. The van der Waals surface area contributed by atoms with Crippen molar-refractivity contribution in [1.82, 2.24) is 0 Å². The SMILES string of the molecule is C#CCCOc1c(F)c(F)c(-c2c(F)c(F)c(Sc3ccc(Sc4ccc(Sc5ccc(S(=O)(=O)c6ccc(Sc7ccc(Sc8ccc(SC)cc8)cc7)c(S(=O)(=O)O)c6)cc5)cc4)cc3)c(F)c2F)c(F)c1F. The summed E-state index contributed by atoms with van der Waals surface area (Å²) in [7, 11) is -9.08. The molecule has 0 aliphatic carbocycles. The van der Waals surface area contributed by atoms with Crippen LogP contribution in [0.25, 0.3) is 11.1 Å². The molecule has 0 spiro atoms.